The second-order valence-corrected chi connectivity index (χ2v) is 7.14. The van der Waals surface area contributed by atoms with Crippen LogP contribution in [0.3, 0.4) is 0 Å². The molecular formula is C22H21N5O. The van der Waals surface area contributed by atoms with Gasteiger partial charge in [0.15, 0.2) is 5.69 Å². The summed E-state index contributed by atoms with van der Waals surface area (Å²) in [6.07, 6.45) is 10.9. The normalized spacial score (nSPS) is 14.5. The van der Waals surface area contributed by atoms with E-state index in [4.69, 9.17) is 0 Å². The maximum absolute atomic E-state index is 12.7. The fraction of sp³-hybridized carbons (Fsp3) is 0.227. The van der Waals surface area contributed by atoms with E-state index in [2.05, 4.69) is 38.9 Å². The lowest BCUT2D eigenvalue weighted by molar-refractivity contribution is 0.0718. The first kappa shape index (κ1) is 16.7. The summed E-state index contributed by atoms with van der Waals surface area (Å²) in [5.74, 6) is 0.925. The van der Waals surface area contributed by atoms with E-state index in [1.165, 1.54) is 6.42 Å². The number of fused-ring (bicyclic) bond motifs is 1. The van der Waals surface area contributed by atoms with Crippen LogP contribution in [0.25, 0.3) is 22.5 Å². The van der Waals surface area contributed by atoms with Crippen LogP contribution in [0.2, 0.25) is 0 Å². The Morgan fingerprint density at radius 1 is 0.929 bits per heavy atom. The highest BCUT2D eigenvalue weighted by Gasteiger charge is 2.20. The van der Waals surface area contributed by atoms with E-state index >= 15 is 0 Å². The van der Waals surface area contributed by atoms with Crippen LogP contribution in [-0.2, 0) is 0 Å². The van der Waals surface area contributed by atoms with E-state index in [1.807, 2.05) is 35.5 Å². The van der Waals surface area contributed by atoms with Gasteiger partial charge < -0.3 is 9.30 Å². The lowest BCUT2D eigenvalue weighted by Crippen LogP contribution is -2.35. The van der Waals surface area contributed by atoms with E-state index < -0.39 is 0 Å². The van der Waals surface area contributed by atoms with Crippen LogP contribution in [0, 0.1) is 0 Å². The molecule has 0 N–H and O–H groups in total. The van der Waals surface area contributed by atoms with Gasteiger partial charge in [0.05, 0.1) is 0 Å². The van der Waals surface area contributed by atoms with Crippen LogP contribution in [0.4, 0.5) is 0 Å². The van der Waals surface area contributed by atoms with Crippen molar-refractivity contribution in [2.75, 3.05) is 13.1 Å². The first-order valence-corrected chi connectivity index (χ1v) is 9.66. The summed E-state index contributed by atoms with van der Waals surface area (Å²) in [5.41, 5.74) is 3.71. The lowest BCUT2D eigenvalue weighted by atomic mass is 10.1. The molecule has 0 saturated carbocycles. The number of carbonyl (C=O) groups excluding carboxylic acids is 1. The summed E-state index contributed by atoms with van der Waals surface area (Å²) in [6, 6.07) is 14.0. The molecule has 0 bridgehead atoms. The number of nitrogens with zero attached hydrogens (tertiary/aromatic N) is 5. The summed E-state index contributed by atoms with van der Waals surface area (Å²) >= 11 is 0. The first-order chi connectivity index (χ1) is 13.8. The van der Waals surface area contributed by atoms with Crippen molar-refractivity contribution in [3.8, 4) is 16.9 Å². The summed E-state index contributed by atoms with van der Waals surface area (Å²) in [7, 11) is 0. The van der Waals surface area contributed by atoms with Crippen molar-refractivity contribution in [3.05, 3.63) is 72.9 Å². The first-order valence-electron chi connectivity index (χ1n) is 9.66. The average molecular weight is 371 g/mol. The van der Waals surface area contributed by atoms with Crippen molar-refractivity contribution in [2.24, 2.45) is 0 Å². The van der Waals surface area contributed by atoms with E-state index in [9.17, 15) is 4.79 Å². The third kappa shape index (κ3) is 2.97. The molecule has 28 heavy (non-hydrogen) atoms. The molecule has 1 aliphatic heterocycles. The number of piperidine rings is 1. The summed E-state index contributed by atoms with van der Waals surface area (Å²) in [5, 5.41) is 4.57. The molecule has 1 saturated heterocycles. The van der Waals surface area contributed by atoms with E-state index in [0.29, 0.717) is 5.69 Å². The van der Waals surface area contributed by atoms with Gasteiger partial charge in [-0.25, -0.2) is 4.68 Å². The molecular weight excluding hydrogens is 350 g/mol. The molecule has 0 aromatic carbocycles. The third-order valence-corrected chi connectivity index (χ3v) is 5.31. The van der Waals surface area contributed by atoms with Gasteiger partial charge >= 0.3 is 0 Å². The Kier molecular flexibility index (Phi) is 4.16. The molecule has 1 amide bonds. The Labute approximate surface area is 163 Å². The topological polar surface area (TPSA) is 55.4 Å². The molecule has 4 aromatic rings. The van der Waals surface area contributed by atoms with Crippen molar-refractivity contribution < 1.29 is 4.79 Å². The standard InChI is InChI=1S/C22H21N5O/c28-22(25-12-2-1-3-13-25)20-10-14-27(24-20)21-9-8-19-7-6-18(16-26(19)21)17-5-4-11-23-15-17/h4-11,14-16H,1-3,12-13H2. The maximum Gasteiger partial charge on any atom is 0.274 e. The highest BCUT2D eigenvalue weighted by molar-refractivity contribution is 5.92. The highest BCUT2D eigenvalue weighted by atomic mass is 16.2. The Balaban J connectivity index is 1.49. The van der Waals surface area contributed by atoms with Gasteiger partial charge in [-0.2, -0.15) is 5.10 Å². The van der Waals surface area contributed by atoms with E-state index in [-0.39, 0.29) is 5.91 Å². The predicted molar refractivity (Wildman–Crippen MR) is 108 cm³/mol. The third-order valence-electron chi connectivity index (χ3n) is 5.31. The monoisotopic (exact) mass is 371 g/mol. The van der Waals surface area contributed by atoms with Crippen LogP contribution in [0.1, 0.15) is 29.8 Å². The predicted octanol–water partition coefficient (Wildman–Crippen LogP) is 3.81. The fourth-order valence-electron chi connectivity index (χ4n) is 3.80. The molecule has 1 fully saturated rings. The zero-order valence-corrected chi connectivity index (χ0v) is 15.5. The van der Waals surface area contributed by atoms with E-state index in [0.717, 1.165) is 48.4 Å². The maximum atomic E-state index is 12.7. The molecule has 1 aliphatic rings. The van der Waals surface area contributed by atoms with Gasteiger partial charge in [0.25, 0.3) is 5.91 Å². The highest BCUT2D eigenvalue weighted by Crippen LogP contribution is 2.22. The number of pyridine rings is 2. The molecule has 4 aromatic heterocycles. The van der Waals surface area contributed by atoms with Gasteiger partial charge in [-0.05, 0) is 55.2 Å². The molecule has 0 spiro atoms. The summed E-state index contributed by atoms with van der Waals surface area (Å²) < 4.78 is 3.86. The van der Waals surface area contributed by atoms with E-state index in [1.54, 1.807) is 16.9 Å². The number of amides is 1. The minimum absolute atomic E-state index is 0.0235. The Hall–Kier alpha value is -3.41. The van der Waals surface area contributed by atoms with Crippen molar-refractivity contribution in [2.45, 2.75) is 19.3 Å². The number of hydrogen-bond donors (Lipinski definition) is 0. The number of hydrogen-bond acceptors (Lipinski definition) is 3. The minimum Gasteiger partial charge on any atom is -0.337 e. The zero-order chi connectivity index (χ0) is 18.9. The van der Waals surface area contributed by atoms with Gasteiger partial charge in [0.1, 0.15) is 5.82 Å². The number of likely N-dealkylation sites (tertiary alicyclic amines) is 1. The number of aromatic nitrogens is 4. The van der Waals surface area contributed by atoms with Crippen molar-refractivity contribution >= 4 is 11.4 Å². The largest absolute Gasteiger partial charge is 0.337 e. The molecule has 140 valence electrons. The molecule has 0 aliphatic carbocycles. The average Bonchev–Trinajstić information content (AvgIpc) is 3.41. The number of carbonyl (C=O) groups is 1. The van der Waals surface area contributed by atoms with Gasteiger partial charge in [0, 0.05) is 49.0 Å². The Bertz CT molecular complexity index is 1120. The molecule has 5 rings (SSSR count). The molecule has 0 unspecified atom stereocenters. The molecule has 6 heteroatoms. The van der Waals surface area contributed by atoms with Crippen LogP contribution in [0.15, 0.2) is 67.3 Å². The Morgan fingerprint density at radius 2 is 1.79 bits per heavy atom. The van der Waals surface area contributed by atoms with Crippen molar-refractivity contribution in [1.82, 2.24) is 24.1 Å². The quantitative estimate of drug-likeness (QED) is 0.550. The zero-order valence-electron chi connectivity index (χ0n) is 15.5. The molecule has 6 nitrogen and oxygen atoms in total. The van der Waals surface area contributed by atoms with Crippen LogP contribution < -0.4 is 0 Å². The number of rotatable bonds is 3. The Morgan fingerprint density at radius 3 is 2.61 bits per heavy atom. The minimum atomic E-state index is 0.0235. The van der Waals surface area contributed by atoms with Gasteiger partial charge in [-0.3, -0.25) is 9.78 Å². The van der Waals surface area contributed by atoms with Crippen LogP contribution in [0.5, 0.6) is 0 Å². The van der Waals surface area contributed by atoms with Gasteiger partial charge in [0.2, 0.25) is 0 Å². The van der Waals surface area contributed by atoms with Crippen LogP contribution >= 0.6 is 0 Å². The van der Waals surface area contributed by atoms with Crippen LogP contribution in [-0.4, -0.2) is 43.1 Å². The summed E-state index contributed by atoms with van der Waals surface area (Å²) in [4.78, 5) is 18.8. The summed E-state index contributed by atoms with van der Waals surface area (Å²) in [6.45, 7) is 1.66. The van der Waals surface area contributed by atoms with Crippen molar-refractivity contribution in [3.63, 3.8) is 0 Å². The second-order valence-electron chi connectivity index (χ2n) is 7.14. The SMILES string of the molecule is O=C(c1ccn(-c2ccc3ccc(-c4cccnc4)cn23)n1)N1CCCCC1. The van der Waals surface area contributed by atoms with Gasteiger partial charge in [-0.15, -0.1) is 0 Å². The molecule has 0 radical (unpaired) electrons. The van der Waals surface area contributed by atoms with Gasteiger partial charge in [-0.1, -0.05) is 12.1 Å². The lowest BCUT2D eigenvalue weighted by Gasteiger charge is -2.25. The second kappa shape index (κ2) is 6.96. The molecule has 5 heterocycles. The smallest absolute Gasteiger partial charge is 0.274 e. The fourth-order valence-corrected chi connectivity index (χ4v) is 3.80. The van der Waals surface area contributed by atoms with Crippen molar-refractivity contribution in [1.29, 1.82) is 0 Å². The molecule has 0 atom stereocenters.